The van der Waals surface area contributed by atoms with E-state index in [9.17, 15) is 14.7 Å². The fourth-order valence-electron chi connectivity index (χ4n) is 5.38. The molecular formula is C31H28N2O5. The van der Waals surface area contributed by atoms with Gasteiger partial charge in [0.25, 0.3) is 0 Å². The molecule has 6 rings (SSSR count). The van der Waals surface area contributed by atoms with Crippen molar-refractivity contribution in [2.75, 3.05) is 5.32 Å². The van der Waals surface area contributed by atoms with Crippen LogP contribution in [0.5, 0.6) is 0 Å². The van der Waals surface area contributed by atoms with Gasteiger partial charge < -0.3 is 14.4 Å². The van der Waals surface area contributed by atoms with Crippen LogP contribution in [0.25, 0.3) is 22.5 Å². The Kier molecular flexibility index (Phi) is 5.79. The fraction of sp³-hybridized carbons (Fsp3) is 0.258. The number of hydrogen-bond donors (Lipinski definition) is 2. The Morgan fingerprint density at radius 3 is 2.37 bits per heavy atom. The number of aromatic nitrogens is 1. The van der Waals surface area contributed by atoms with Crippen molar-refractivity contribution in [3.05, 3.63) is 94.7 Å². The Labute approximate surface area is 220 Å². The summed E-state index contributed by atoms with van der Waals surface area (Å²) in [4.78, 5) is 24.5. The van der Waals surface area contributed by atoms with Gasteiger partial charge in [0, 0.05) is 5.56 Å². The molecular weight excluding hydrogens is 480 g/mol. The third-order valence-electron chi connectivity index (χ3n) is 7.78. The first-order chi connectivity index (χ1) is 18.4. The molecule has 1 amide bonds. The van der Waals surface area contributed by atoms with E-state index in [1.165, 1.54) is 11.1 Å². The zero-order valence-corrected chi connectivity index (χ0v) is 21.3. The number of nitrogens with zero attached hydrogens (tertiary/aromatic N) is 1. The van der Waals surface area contributed by atoms with Crippen molar-refractivity contribution >= 4 is 17.7 Å². The van der Waals surface area contributed by atoms with E-state index in [0.29, 0.717) is 30.0 Å². The maximum atomic E-state index is 12.7. The van der Waals surface area contributed by atoms with Gasteiger partial charge in [-0.1, -0.05) is 65.8 Å². The lowest BCUT2D eigenvalue weighted by Crippen LogP contribution is -2.20. The largest absolute Gasteiger partial charge is 0.481 e. The number of benzene rings is 3. The Morgan fingerprint density at radius 2 is 1.68 bits per heavy atom. The number of carboxylic acids is 1. The summed E-state index contributed by atoms with van der Waals surface area (Å²) in [7, 11) is 0. The van der Waals surface area contributed by atoms with Gasteiger partial charge in [-0.15, -0.1) is 0 Å². The molecule has 2 aliphatic rings. The number of carbonyl (C=O) groups is 2. The lowest BCUT2D eigenvalue weighted by Gasteiger charge is -2.22. The van der Waals surface area contributed by atoms with Crippen LogP contribution >= 0.6 is 0 Å². The van der Waals surface area contributed by atoms with Crippen molar-refractivity contribution in [2.45, 2.75) is 51.0 Å². The highest BCUT2D eigenvalue weighted by molar-refractivity contribution is 5.91. The van der Waals surface area contributed by atoms with Crippen molar-refractivity contribution in [3.63, 3.8) is 0 Å². The summed E-state index contributed by atoms with van der Waals surface area (Å²) in [5.41, 5.74) is 7.59. The summed E-state index contributed by atoms with van der Waals surface area (Å²) in [6.45, 7) is 3.60. The average molecular weight is 509 g/mol. The smallest absolute Gasteiger partial charge is 0.412 e. The zero-order valence-electron chi connectivity index (χ0n) is 21.3. The van der Waals surface area contributed by atoms with E-state index < -0.39 is 23.6 Å². The molecule has 192 valence electrons. The number of ether oxygens (including phenoxy) is 1. The van der Waals surface area contributed by atoms with E-state index >= 15 is 0 Å². The topological polar surface area (TPSA) is 102 Å². The summed E-state index contributed by atoms with van der Waals surface area (Å²) in [5, 5.41) is 16.6. The number of amides is 1. The number of anilines is 1. The SMILES string of the molecule is Cc1noc(-c2ccc3c(c2)CCc2cc(C4(C(=O)O)CC4)ccc2-3)c1NC(=O)OC(C)c1ccccc1. The highest BCUT2D eigenvalue weighted by Gasteiger charge is 2.51. The second-order valence-electron chi connectivity index (χ2n) is 10.2. The van der Waals surface area contributed by atoms with Crippen LogP contribution in [0.2, 0.25) is 0 Å². The first kappa shape index (κ1) is 24.0. The number of hydrogen-bond acceptors (Lipinski definition) is 5. The molecule has 1 atom stereocenters. The van der Waals surface area contributed by atoms with E-state index in [-0.39, 0.29) is 0 Å². The van der Waals surface area contributed by atoms with Crippen molar-refractivity contribution in [3.8, 4) is 22.5 Å². The number of fused-ring (bicyclic) bond motifs is 3. The van der Waals surface area contributed by atoms with Gasteiger partial charge in [-0.25, -0.2) is 4.79 Å². The first-order valence-corrected chi connectivity index (χ1v) is 12.8. The molecule has 7 heteroatoms. The number of aliphatic carboxylic acids is 1. The number of carboxylic acid groups (broad SMARTS) is 1. The van der Waals surface area contributed by atoms with Gasteiger partial charge in [0.1, 0.15) is 17.5 Å². The van der Waals surface area contributed by atoms with Gasteiger partial charge in [0.2, 0.25) is 0 Å². The summed E-state index contributed by atoms with van der Waals surface area (Å²) in [6, 6.07) is 21.8. The average Bonchev–Trinajstić information content (AvgIpc) is 3.67. The number of rotatable bonds is 6. The van der Waals surface area contributed by atoms with Crippen molar-refractivity contribution in [1.82, 2.24) is 5.16 Å². The van der Waals surface area contributed by atoms with Gasteiger partial charge in [-0.3, -0.25) is 10.1 Å². The number of nitrogens with one attached hydrogen (secondary N) is 1. The molecule has 2 N–H and O–H groups in total. The van der Waals surface area contributed by atoms with Crippen molar-refractivity contribution < 1.29 is 24.0 Å². The summed E-state index contributed by atoms with van der Waals surface area (Å²) in [5.74, 6) is -0.253. The third kappa shape index (κ3) is 4.14. The first-order valence-electron chi connectivity index (χ1n) is 12.8. The normalized spacial score (nSPS) is 15.6. The summed E-state index contributed by atoms with van der Waals surface area (Å²) in [6.07, 6.45) is 2.08. The number of aryl methyl sites for hydroxylation is 3. The van der Waals surface area contributed by atoms with Gasteiger partial charge in [0.15, 0.2) is 5.76 Å². The molecule has 2 aliphatic carbocycles. The molecule has 1 fully saturated rings. The van der Waals surface area contributed by atoms with Gasteiger partial charge >= 0.3 is 12.1 Å². The van der Waals surface area contributed by atoms with Crippen LogP contribution in [0.1, 0.15) is 53.8 Å². The zero-order chi connectivity index (χ0) is 26.4. The molecule has 0 spiro atoms. The molecule has 1 saturated carbocycles. The van der Waals surface area contributed by atoms with Crippen LogP contribution in [-0.4, -0.2) is 22.3 Å². The summed E-state index contributed by atoms with van der Waals surface area (Å²) >= 11 is 0. The molecule has 0 bridgehead atoms. The Hall–Kier alpha value is -4.39. The molecule has 4 aromatic rings. The second kappa shape index (κ2) is 9.17. The molecule has 0 aliphatic heterocycles. The highest BCUT2D eigenvalue weighted by Crippen LogP contribution is 2.50. The maximum Gasteiger partial charge on any atom is 0.412 e. The second-order valence-corrected chi connectivity index (χ2v) is 10.2. The Morgan fingerprint density at radius 1 is 1.00 bits per heavy atom. The molecule has 0 radical (unpaired) electrons. The van der Waals surface area contributed by atoms with Gasteiger partial charge in [-0.05, 0) is 79.0 Å². The molecule has 1 aromatic heterocycles. The molecule has 38 heavy (non-hydrogen) atoms. The van der Waals surface area contributed by atoms with Crippen molar-refractivity contribution in [1.29, 1.82) is 0 Å². The van der Waals surface area contributed by atoms with E-state index in [1.807, 2.05) is 49.4 Å². The molecule has 7 nitrogen and oxygen atoms in total. The van der Waals surface area contributed by atoms with Crippen LogP contribution in [0.15, 0.2) is 71.3 Å². The third-order valence-corrected chi connectivity index (χ3v) is 7.78. The Bertz CT molecular complexity index is 1550. The van der Waals surface area contributed by atoms with E-state index in [2.05, 4.69) is 34.7 Å². The van der Waals surface area contributed by atoms with Crippen LogP contribution in [-0.2, 0) is 27.8 Å². The summed E-state index contributed by atoms with van der Waals surface area (Å²) < 4.78 is 11.2. The Balaban J connectivity index is 1.24. The minimum Gasteiger partial charge on any atom is -0.481 e. The minimum atomic E-state index is -0.733. The van der Waals surface area contributed by atoms with E-state index in [1.54, 1.807) is 6.92 Å². The fourth-order valence-corrected chi connectivity index (χ4v) is 5.38. The monoisotopic (exact) mass is 508 g/mol. The lowest BCUT2D eigenvalue weighted by molar-refractivity contribution is -0.140. The predicted molar refractivity (Wildman–Crippen MR) is 143 cm³/mol. The van der Waals surface area contributed by atoms with Crippen LogP contribution < -0.4 is 5.32 Å². The highest BCUT2D eigenvalue weighted by atomic mass is 16.6. The molecule has 1 unspecified atom stereocenters. The molecule has 1 heterocycles. The van der Waals surface area contributed by atoms with E-state index in [0.717, 1.165) is 40.7 Å². The van der Waals surface area contributed by atoms with Crippen LogP contribution in [0.4, 0.5) is 10.5 Å². The minimum absolute atomic E-state index is 0.408. The standard InChI is InChI=1S/C31H28N2O5/c1-18-27(32-30(36)37-19(2)20-6-4-3-5-7-20)28(38-33-18)23-10-12-25-21(16-23)8-9-22-17-24(11-13-26(22)25)31(14-15-31)29(34)35/h3-7,10-13,16-17,19H,8-9,14-15H2,1-2H3,(H,32,36)(H,34,35). The van der Waals surface area contributed by atoms with Crippen LogP contribution in [0, 0.1) is 6.92 Å². The quantitative estimate of drug-likeness (QED) is 0.296. The lowest BCUT2D eigenvalue weighted by atomic mass is 9.82. The van der Waals surface area contributed by atoms with Gasteiger partial charge in [-0.2, -0.15) is 0 Å². The predicted octanol–water partition coefficient (Wildman–Crippen LogP) is 6.84. The number of carbonyl (C=O) groups excluding carboxylic acids is 1. The maximum absolute atomic E-state index is 12.7. The van der Waals surface area contributed by atoms with Gasteiger partial charge in [0.05, 0.1) is 5.41 Å². The molecule has 0 saturated heterocycles. The van der Waals surface area contributed by atoms with E-state index in [4.69, 9.17) is 9.26 Å². The van der Waals surface area contributed by atoms with Crippen LogP contribution in [0.3, 0.4) is 0 Å². The molecule has 3 aromatic carbocycles. The van der Waals surface area contributed by atoms with Crippen molar-refractivity contribution in [2.24, 2.45) is 0 Å².